The monoisotopic (exact) mass is 414 g/mol. The molecule has 1 heterocycles. The van der Waals surface area contributed by atoms with Crippen LogP contribution in [0.4, 0.5) is 5.69 Å². The zero-order valence-electron chi connectivity index (χ0n) is 14.4. The Bertz CT molecular complexity index is 848. The van der Waals surface area contributed by atoms with E-state index in [1.165, 1.54) is 6.92 Å². The molecule has 0 radical (unpaired) electrons. The van der Waals surface area contributed by atoms with Crippen molar-refractivity contribution in [1.82, 2.24) is 4.90 Å². The third kappa shape index (κ3) is 4.02. The van der Waals surface area contributed by atoms with Crippen LogP contribution in [0.25, 0.3) is 0 Å². The largest absolute Gasteiger partial charge is 0.327 e. The van der Waals surface area contributed by atoms with Gasteiger partial charge in [-0.3, -0.25) is 14.4 Å². The minimum absolute atomic E-state index is 0.0483. The highest BCUT2D eigenvalue weighted by atomic mass is 79.9. The fourth-order valence-corrected chi connectivity index (χ4v) is 3.59. The average Bonchev–Trinajstić information content (AvgIpc) is 3.11. The summed E-state index contributed by atoms with van der Waals surface area (Å²) >= 11 is 3.45. The maximum absolute atomic E-state index is 12.6. The summed E-state index contributed by atoms with van der Waals surface area (Å²) in [6.07, 6.45) is 1.70. The van der Waals surface area contributed by atoms with Gasteiger partial charge in [0.05, 0.1) is 6.04 Å². The first-order chi connectivity index (χ1) is 12.5. The van der Waals surface area contributed by atoms with Crippen molar-refractivity contribution in [2.45, 2.75) is 25.8 Å². The molecule has 0 aromatic heterocycles. The van der Waals surface area contributed by atoms with E-state index in [1.54, 1.807) is 29.2 Å². The number of amides is 2. The van der Waals surface area contributed by atoms with Crippen molar-refractivity contribution in [2.75, 3.05) is 11.9 Å². The maximum atomic E-state index is 12.6. The van der Waals surface area contributed by atoms with Crippen LogP contribution in [0.15, 0.2) is 53.0 Å². The third-order valence-corrected chi connectivity index (χ3v) is 4.98. The molecule has 1 saturated heterocycles. The number of likely N-dealkylation sites (tertiary alicyclic amines) is 1. The minimum atomic E-state index is -0.664. The van der Waals surface area contributed by atoms with E-state index in [0.717, 1.165) is 22.9 Å². The smallest absolute Gasteiger partial charge is 0.313 e. The molecule has 0 saturated carbocycles. The van der Waals surface area contributed by atoms with E-state index in [1.807, 2.05) is 24.3 Å². The molecule has 134 valence electrons. The number of carbonyl (C=O) groups excluding carboxylic acids is 3. The van der Waals surface area contributed by atoms with Crippen LogP contribution >= 0.6 is 15.9 Å². The number of Topliss-reactive ketones (excluding diaryl/α,β-unsaturated/α-hetero) is 1. The second-order valence-electron chi connectivity index (χ2n) is 6.30. The third-order valence-electron chi connectivity index (χ3n) is 4.49. The van der Waals surface area contributed by atoms with Gasteiger partial charge in [0, 0.05) is 22.3 Å². The number of hydrogen-bond donors (Lipinski definition) is 1. The molecule has 0 bridgehead atoms. The number of anilines is 1. The number of carbonyl (C=O) groups is 3. The minimum Gasteiger partial charge on any atom is -0.327 e. The predicted molar refractivity (Wildman–Crippen MR) is 103 cm³/mol. The van der Waals surface area contributed by atoms with Crippen molar-refractivity contribution >= 4 is 39.2 Å². The highest BCUT2D eigenvalue weighted by molar-refractivity contribution is 9.10. The number of hydrogen-bond acceptors (Lipinski definition) is 3. The molecule has 3 rings (SSSR count). The van der Waals surface area contributed by atoms with Gasteiger partial charge < -0.3 is 10.2 Å². The summed E-state index contributed by atoms with van der Waals surface area (Å²) in [5.41, 5.74) is 2.07. The molecule has 6 heteroatoms. The van der Waals surface area contributed by atoms with Crippen LogP contribution in [0.2, 0.25) is 0 Å². The Morgan fingerprint density at radius 3 is 2.50 bits per heavy atom. The molecule has 2 aromatic carbocycles. The standard InChI is InChI=1S/C20H19BrN2O3/c1-13(24)14-7-9-17(10-8-14)22-19(25)20(26)23-11-3-6-18(23)15-4-2-5-16(21)12-15/h2,4-5,7-10,12,18H,3,6,11H2,1H3,(H,22,25)/t18-/m0/s1. The molecular formula is C20H19BrN2O3. The van der Waals surface area contributed by atoms with E-state index in [2.05, 4.69) is 21.2 Å². The van der Waals surface area contributed by atoms with E-state index >= 15 is 0 Å². The summed E-state index contributed by atoms with van der Waals surface area (Å²) in [5.74, 6) is -1.25. The first-order valence-electron chi connectivity index (χ1n) is 8.44. The number of nitrogens with zero attached hydrogens (tertiary/aromatic N) is 1. The highest BCUT2D eigenvalue weighted by Gasteiger charge is 2.33. The zero-order chi connectivity index (χ0) is 18.7. The van der Waals surface area contributed by atoms with Gasteiger partial charge in [-0.05, 0) is 61.7 Å². The van der Waals surface area contributed by atoms with Gasteiger partial charge in [-0.1, -0.05) is 28.1 Å². The summed E-state index contributed by atoms with van der Waals surface area (Å²) in [5, 5.41) is 2.62. The van der Waals surface area contributed by atoms with E-state index < -0.39 is 11.8 Å². The fraction of sp³-hybridized carbons (Fsp3) is 0.250. The van der Waals surface area contributed by atoms with Crippen LogP contribution in [0.5, 0.6) is 0 Å². The van der Waals surface area contributed by atoms with Gasteiger partial charge in [0.2, 0.25) is 0 Å². The maximum Gasteiger partial charge on any atom is 0.313 e. The molecule has 1 aliphatic heterocycles. The topological polar surface area (TPSA) is 66.5 Å². The Morgan fingerprint density at radius 1 is 1.12 bits per heavy atom. The van der Waals surface area contributed by atoms with E-state index in [4.69, 9.17) is 0 Å². The highest BCUT2D eigenvalue weighted by Crippen LogP contribution is 2.33. The lowest BCUT2D eigenvalue weighted by Crippen LogP contribution is -2.39. The summed E-state index contributed by atoms with van der Waals surface area (Å²) in [7, 11) is 0. The number of halogens is 1. The van der Waals surface area contributed by atoms with Crippen LogP contribution < -0.4 is 5.32 Å². The van der Waals surface area contributed by atoms with Crippen molar-refractivity contribution < 1.29 is 14.4 Å². The molecule has 0 aliphatic carbocycles. The zero-order valence-corrected chi connectivity index (χ0v) is 16.0. The number of ketones is 1. The van der Waals surface area contributed by atoms with Gasteiger partial charge >= 0.3 is 11.8 Å². The van der Waals surface area contributed by atoms with Crippen LogP contribution in [0, 0.1) is 0 Å². The van der Waals surface area contributed by atoms with Gasteiger partial charge in [-0.15, -0.1) is 0 Å². The summed E-state index contributed by atoms with van der Waals surface area (Å²) in [6.45, 7) is 2.04. The number of benzene rings is 2. The van der Waals surface area contributed by atoms with Gasteiger partial charge in [0.1, 0.15) is 0 Å². The molecule has 0 spiro atoms. The Morgan fingerprint density at radius 2 is 1.85 bits per heavy atom. The molecular weight excluding hydrogens is 396 g/mol. The molecule has 26 heavy (non-hydrogen) atoms. The predicted octanol–water partition coefficient (Wildman–Crippen LogP) is 3.95. The Balaban J connectivity index is 1.71. The molecule has 2 amide bonds. The van der Waals surface area contributed by atoms with Crippen LogP contribution in [0.3, 0.4) is 0 Å². The number of rotatable bonds is 3. The molecule has 1 N–H and O–H groups in total. The average molecular weight is 415 g/mol. The van der Waals surface area contributed by atoms with Crippen LogP contribution in [0.1, 0.15) is 41.7 Å². The Hall–Kier alpha value is -2.47. The quantitative estimate of drug-likeness (QED) is 0.610. The first kappa shape index (κ1) is 18.3. The van der Waals surface area contributed by atoms with Gasteiger partial charge in [0.15, 0.2) is 5.78 Å². The van der Waals surface area contributed by atoms with Gasteiger partial charge in [0.25, 0.3) is 0 Å². The molecule has 1 atom stereocenters. The Labute approximate surface area is 160 Å². The van der Waals surface area contributed by atoms with Gasteiger partial charge in [-0.25, -0.2) is 0 Å². The van der Waals surface area contributed by atoms with Crippen molar-refractivity contribution in [1.29, 1.82) is 0 Å². The van der Waals surface area contributed by atoms with E-state index in [0.29, 0.717) is 17.8 Å². The molecule has 0 unspecified atom stereocenters. The van der Waals surface area contributed by atoms with Crippen molar-refractivity contribution in [3.8, 4) is 0 Å². The second kappa shape index (κ2) is 7.83. The van der Waals surface area contributed by atoms with Crippen molar-refractivity contribution in [2.24, 2.45) is 0 Å². The molecule has 1 aliphatic rings. The molecule has 2 aromatic rings. The van der Waals surface area contributed by atoms with Crippen molar-refractivity contribution in [3.05, 3.63) is 64.1 Å². The lowest BCUT2D eigenvalue weighted by molar-refractivity contribution is -0.143. The van der Waals surface area contributed by atoms with Crippen LogP contribution in [-0.4, -0.2) is 29.0 Å². The molecule has 5 nitrogen and oxygen atoms in total. The fourth-order valence-electron chi connectivity index (χ4n) is 3.17. The van der Waals surface area contributed by atoms with E-state index in [9.17, 15) is 14.4 Å². The van der Waals surface area contributed by atoms with Gasteiger partial charge in [-0.2, -0.15) is 0 Å². The Kier molecular flexibility index (Phi) is 5.52. The second-order valence-corrected chi connectivity index (χ2v) is 7.21. The normalized spacial score (nSPS) is 16.4. The number of nitrogens with one attached hydrogen (secondary N) is 1. The van der Waals surface area contributed by atoms with Crippen molar-refractivity contribution in [3.63, 3.8) is 0 Å². The van der Waals surface area contributed by atoms with Crippen LogP contribution in [-0.2, 0) is 9.59 Å². The summed E-state index contributed by atoms with van der Waals surface area (Å²) in [4.78, 5) is 38.0. The molecule has 1 fully saturated rings. The SMILES string of the molecule is CC(=O)c1ccc(NC(=O)C(=O)N2CCC[C@H]2c2cccc(Br)c2)cc1. The van der Waals surface area contributed by atoms with E-state index in [-0.39, 0.29) is 11.8 Å². The summed E-state index contributed by atoms with van der Waals surface area (Å²) in [6, 6.07) is 14.2. The lowest BCUT2D eigenvalue weighted by atomic mass is 10.0. The first-order valence-corrected chi connectivity index (χ1v) is 9.23. The lowest BCUT2D eigenvalue weighted by Gasteiger charge is -2.24. The summed E-state index contributed by atoms with van der Waals surface area (Å²) < 4.78 is 0.948.